The Kier molecular flexibility index (Phi) is 5.11. The third-order valence-corrected chi connectivity index (χ3v) is 4.36. The predicted octanol–water partition coefficient (Wildman–Crippen LogP) is 2.97. The van der Waals surface area contributed by atoms with Gasteiger partial charge in [0.05, 0.1) is 6.61 Å². The molecule has 1 N–H and O–H groups in total. The summed E-state index contributed by atoms with van der Waals surface area (Å²) < 4.78 is 5.41. The van der Waals surface area contributed by atoms with Crippen molar-refractivity contribution < 1.29 is 4.74 Å². The topological polar surface area (TPSA) is 21.3 Å². The zero-order valence-electron chi connectivity index (χ0n) is 10.7. The van der Waals surface area contributed by atoms with Crippen LogP contribution in [0, 0.1) is 11.8 Å². The number of nitrogens with one attached hydrogen (secondary N) is 1. The van der Waals surface area contributed by atoms with Gasteiger partial charge in [0.15, 0.2) is 0 Å². The molecule has 2 heteroatoms. The molecule has 1 unspecified atom stereocenters. The maximum Gasteiger partial charge on any atom is 0.0507 e. The summed E-state index contributed by atoms with van der Waals surface area (Å²) in [5.74, 6) is 1.69. The molecule has 1 aliphatic carbocycles. The fourth-order valence-electron chi connectivity index (χ4n) is 3.07. The monoisotopic (exact) mass is 225 g/mol. The highest BCUT2D eigenvalue weighted by Crippen LogP contribution is 2.25. The summed E-state index contributed by atoms with van der Waals surface area (Å²) in [6, 6.07) is 0.707. The molecule has 0 aromatic carbocycles. The minimum Gasteiger partial charge on any atom is -0.381 e. The van der Waals surface area contributed by atoms with Gasteiger partial charge in [-0.3, -0.25) is 0 Å². The lowest BCUT2D eigenvalue weighted by atomic mass is 9.92. The van der Waals surface area contributed by atoms with E-state index in [4.69, 9.17) is 4.74 Å². The second-order valence-corrected chi connectivity index (χ2v) is 5.68. The first-order valence-electron chi connectivity index (χ1n) is 7.17. The third-order valence-electron chi connectivity index (χ3n) is 4.36. The van der Waals surface area contributed by atoms with Crippen molar-refractivity contribution in [2.75, 3.05) is 19.8 Å². The summed E-state index contributed by atoms with van der Waals surface area (Å²) in [5.41, 5.74) is 0. The molecule has 2 aliphatic rings. The molecule has 2 rings (SSSR count). The van der Waals surface area contributed by atoms with Crippen LogP contribution in [0.1, 0.15) is 51.9 Å². The first-order chi connectivity index (χ1) is 7.86. The van der Waals surface area contributed by atoms with E-state index >= 15 is 0 Å². The fourth-order valence-corrected chi connectivity index (χ4v) is 3.07. The van der Waals surface area contributed by atoms with Crippen molar-refractivity contribution in [3.8, 4) is 0 Å². The Morgan fingerprint density at radius 3 is 2.50 bits per heavy atom. The Hall–Kier alpha value is -0.0800. The van der Waals surface area contributed by atoms with Gasteiger partial charge in [-0.2, -0.15) is 0 Å². The molecule has 16 heavy (non-hydrogen) atoms. The quantitative estimate of drug-likeness (QED) is 0.743. The van der Waals surface area contributed by atoms with E-state index in [1.54, 1.807) is 0 Å². The summed E-state index contributed by atoms with van der Waals surface area (Å²) in [4.78, 5) is 0. The molecule has 2 nitrogen and oxygen atoms in total. The number of hydrogen-bond donors (Lipinski definition) is 1. The van der Waals surface area contributed by atoms with Gasteiger partial charge in [0.25, 0.3) is 0 Å². The van der Waals surface area contributed by atoms with Gasteiger partial charge < -0.3 is 10.1 Å². The molecule has 1 heterocycles. The molecule has 1 saturated carbocycles. The molecule has 1 aliphatic heterocycles. The van der Waals surface area contributed by atoms with Crippen LogP contribution in [0.5, 0.6) is 0 Å². The van der Waals surface area contributed by atoms with Gasteiger partial charge in [-0.15, -0.1) is 0 Å². The van der Waals surface area contributed by atoms with Gasteiger partial charge in [-0.1, -0.05) is 25.7 Å². The van der Waals surface area contributed by atoms with Crippen molar-refractivity contribution in [1.29, 1.82) is 0 Å². The fraction of sp³-hybridized carbons (Fsp3) is 1.00. The van der Waals surface area contributed by atoms with Crippen LogP contribution in [0.4, 0.5) is 0 Å². The molecular formula is C14H27NO. The second kappa shape index (κ2) is 6.61. The van der Waals surface area contributed by atoms with Crippen LogP contribution < -0.4 is 5.32 Å². The van der Waals surface area contributed by atoms with Crippen molar-refractivity contribution >= 4 is 0 Å². The highest BCUT2D eigenvalue weighted by molar-refractivity contribution is 4.77. The average molecular weight is 225 g/mol. The van der Waals surface area contributed by atoms with E-state index < -0.39 is 0 Å². The van der Waals surface area contributed by atoms with Crippen LogP contribution in [0.3, 0.4) is 0 Å². The molecule has 0 spiro atoms. The highest BCUT2D eigenvalue weighted by Gasteiger charge is 2.21. The number of rotatable bonds is 4. The third kappa shape index (κ3) is 3.74. The lowest BCUT2D eigenvalue weighted by Crippen LogP contribution is -2.36. The molecule has 0 radical (unpaired) electrons. The van der Waals surface area contributed by atoms with Crippen molar-refractivity contribution in [2.45, 2.75) is 57.9 Å². The summed E-state index contributed by atoms with van der Waals surface area (Å²) in [6.45, 7) is 5.50. The van der Waals surface area contributed by atoms with Crippen LogP contribution >= 0.6 is 0 Å². The maximum atomic E-state index is 5.41. The van der Waals surface area contributed by atoms with E-state index in [1.807, 2.05) is 0 Å². The molecule has 1 saturated heterocycles. The van der Waals surface area contributed by atoms with Crippen LogP contribution in [0.15, 0.2) is 0 Å². The van der Waals surface area contributed by atoms with Crippen LogP contribution in [0.2, 0.25) is 0 Å². The maximum absolute atomic E-state index is 5.41. The highest BCUT2D eigenvalue weighted by atomic mass is 16.5. The first-order valence-corrected chi connectivity index (χ1v) is 7.17. The molecule has 94 valence electrons. The molecule has 2 atom stereocenters. The zero-order chi connectivity index (χ0) is 11.2. The van der Waals surface area contributed by atoms with Crippen molar-refractivity contribution in [1.82, 2.24) is 5.32 Å². The number of ether oxygens (including phenoxy) is 1. The van der Waals surface area contributed by atoms with Crippen molar-refractivity contribution in [3.05, 3.63) is 0 Å². The minimum absolute atomic E-state index is 0.707. The minimum atomic E-state index is 0.707. The number of hydrogen-bond acceptors (Lipinski definition) is 2. The van der Waals surface area contributed by atoms with Gasteiger partial charge in [0, 0.05) is 19.2 Å². The van der Waals surface area contributed by atoms with Crippen molar-refractivity contribution in [3.63, 3.8) is 0 Å². The molecule has 2 fully saturated rings. The lowest BCUT2D eigenvalue weighted by Gasteiger charge is -2.24. The van der Waals surface area contributed by atoms with Crippen LogP contribution in [-0.4, -0.2) is 25.8 Å². The van der Waals surface area contributed by atoms with E-state index in [1.165, 1.54) is 44.9 Å². The Bertz CT molecular complexity index is 181. The predicted molar refractivity (Wildman–Crippen MR) is 67.6 cm³/mol. The molecule has 0 amide bonds. The van der Waals surface area contributed by atoms with Crippen LogP contribution in [-0.2, 0) is 4.74 Å². The zero-order valence-corrected chi connectivity index (χ0v) is 10.7. The van der Waals surface area contributed by atoms with Crippen molar-refractivity contribution in [2.24, 2.45) is 11.8 Å². The second-order valence-electron chi connectivity index (χ2n) is 5.68. The van der Waals surface area contributed by atoms with Crippen LogP contribution in [0.25, 0.3) is 0 Å². The van der Waals surface area contributed by atoms with E-state index in [0.29, 0.717) is 6.04 Å². The Balaban J connectivity index is 1.66. The summed E-state index contributed by atoms with van der Waals surface area (Å²) >= 11 is 0. The summed E-state index contributed by atoms with van der Waals surface area (Å²) in [5, 5.41) is 3.74. The van der Waals surface area contributed by atoms with Gasteiger partial charge >= 0.3 is 0 Å². The lowest BCUT2D eigenvalue weighted by molar-refractivity contribution is 0.183. The molecule has 0 aromatic heterocycles. The Morgan fingerprint density at radius 1 is 1.12 bits per heavy atom. The largest absolute Gasteiger partial charge is 0.381 e. The normalized spacial score (nSPS) is 30.2. The average Bonchev–Trinajstić information content (AvgIpc) is 2.66. The first kappa shape index (κ1) is 12.4. The van der Waals surface area contributed by atoms with Gasteiger partial charge in [0.2, 0.25) is 0 Å². The van der Waals surface area contributed by atoms with E-state index in [9.17, 15) is 0 Å². The van der Waals surface area contributed by atoms with E-state index in [-0.39, 0.29) is 0 Å². The van der Waals surface area contributed by atoms with Gasteiger partial charge in [-0.25, -0.2) is 0 Å². The molecule has 0 aromatic rings. The smallest absolute Gasteiger partial charge is 0.0507 e. The SMILES string of the molecule is C[C@@H](NCC1CCOC1)C1CCCCCC1. The Labute approximate surface area is 100 Å². The summed E-state index contributed by atoms with van der Waals surface area (Å²) in [7, 11) is 0. The molecular weight excluding hydrogens is 198 g/mol. The Morgan fingerprint density at radius 2 is 1.88 bits per heavy atom. The van der Waals surface area contributed by atoms with E-state index in [2.05, 4.69) is 12.2 Å². The van der Waals surface area contributed by atoms with Gasteiger partial charge in [0.1, 0.15) is 0 Å². The van der Waals surface area contributed by atoms with Gasteiger partial charge in [-0.05, 0) is 38.0 Å². The standard InChI is InChI=1S/C14H27NO/c1-12(14-6-4-2-3-5-7-14)15-10-13-8-9-16-11-13/h12-15H,2-11H2,1H3/t12-,13?/m1/s1. The molecule has 0 bridgehead atoms. The summed E-state index contributed by atoms with van der Waals surface area (Å²) in [6.07, 6.45) is 9.95. The van der Waals surface area contributed by atoms with E-state index in [0.717, 1.165) is 31.6 Å².